The summed E-state index contributed by atoms with van der Waals surface area (Å²) in [7, 11) is 3.05. The van der Waals surface area contributed by atoms with E-state index in [1.54, 1.807) is 24.3 Å². The van der Waals surface area contributed by atoms with Gasteiger partial charge >= 0.3 is 11.9 Å². The Bertz CT molecular complexity index is 2490. The number of methoxy groups -OCH3 is 2. The zero-order valence-corrected chi connectivity index (χ0v) is 32.2. The highest BCUT2D eigenvalue weighted by Crippen LogP contribution is 2.55. The SMILES string of the molecule is COc1cc(C2CC(OC(=O)Cc3ccc4cc(O)ccc4c3)CC(OC(C)=O)C3Cc4cc(OC)c(O)cc4CC3(c3ccc4ccccc4c3)C2)ccc1O. The van der Waals surface area contributed by atoms with Crippen LogP contribution in [0.4, 0.5) is 0 Å². The molecule has 0 heterocycles. The van der Waals surface area contributed by atoms with Crippen LogP contribution >= 0.6 is 0 Å². The van der Waals surface area contributed by atoms with E-state index in [-0.39, 0.29) is 41.9 Å². The minimum atomic E-state index is -0.636. The Kier molecular flexibility index (Phi) is 10.2. The third-order valence-electron chi connectivity index (χ3n) is 12.1. The van der Waals surface area contributed by atoms with Gasteiger partial charge in [0.15, 0.2) is 23.0 Å². The van der Waals surface area contributed by atoms with Crippen LogP contribution in [0.3, 0.4) is 0 Å². The fraction of sp³-hybridized carbons (Fsp3) is 0.292. The maximum Gasteiger partial charge on any atom is 0.310 e. The molecule has 2 aliphatic rings. The van der Waals surface area contributed by atoms with Gasteiger partial charge in [-0.2, -0.15) is 0 Å². The number of fused-ring (bicyclic) bond motifs is 4. The van der Waals surface area contributed by atoms with E-state index in [2.05, 4.69) is 30.3 Å². The van der Waals surface area contributed by atoms with Gasteiger partial charge < -0.3 is 34.3 Å². The molecule has 3 N–H and O–H groups in total. The second kappa shape index (κ2) is 15.4. The Morgan fingerprint density at radius 3 is 2.21 bits per heavy atom. The van der Waals surface area contributed by atoms with E-state index in [1.165, 1.54) is 21.1 Å². The molecule has 0 saturated heterocycles. The number of benzene rings is 6. The molecule has 0 bridgehead atoms. The Labute approximate surface area is 331 Å². The smallest absolute Gasteiger partial charge is 0.310 e. The molecular formula is C48H46O9. The first kappa shape index (κ1) is 37.7. The van der Waals surface area contributed by atoms with Gasteiger partial charge in [-0.3, -0.25) is 9.59 Å². The first-order chi connectivity index (χ1) is 27.5. The van der Waals surface area contributed by atoms with Crippen molar-refractivity contribution in [3.63, 3.8) is 0 Å². The van der Waals surface area contributed by atoms with Crippen LogP contribution in [-0.2, 0) is 43.7 Å². The van der Waals surface area contributed by atoms with Crippen LogP contribution in [0.25, 0.3) is 21.5 Å². The summed E-state index contributed by atoms with van der Waals surface area (Å²) in [5, 5.41) is 35.6. The number of phenolic OH excluding ortho intramolecular Hbond substituents is 3. The number of esters is 2. The van der Waals surface area contributed by atoms with Crippen LogP contribution in [-0.4, -0.2) is 53.7 Å². The van der Waals surface area contributed by atoms with Gasteiger partial charge in [0, 0.05) is 24.7 Å². The molecule has 9 nitrogen and oxygen atoms in total. The number of rotatable bonds is 8. The van der Waals surface area contributed by atoms with Crippen molar-refractivity contribution in [2.75, 3.05) is 14.2 Å². The molecule has 8 rings (SSSR count). The molecule has 0 aliphatic heterocycles. The number of carbonyl (C=O) groups excluding carboxylic acids is 2. The monoisotopic (exact) mass is 766 g/mol. The van der Waals surface area contributed by atoms with Crippen molar-refractivity contribution in [2.45, 2.75) is 69.0 Å². The Morgan fingerprint density at radius 1 is 0.702 bits per heavy atom. The van der Waals surface area contributed by atoms with Crippen LogP contribution in [0.5, 0.6) is 28.7 Å². The number of hydrogen-bond donors (Lipinski definition) is 3. The summed E-state index contributed by atoms with van der Waals surface area (Å²) >= 11 is 0. The first-order valence-corrected chi connectivity index (χ1v) is 19.3. The maximum atomic E-state index is 13.9. The molecule has 0 radical (unpaired) electrons. The van der Waals surface area contributed by atoms with Crippen molar-refractivity contribution in [3.05, 3.63) is 137 Å². The van der Waals surface area contributed by atoms with E-state index in [0.717, 1.165) is 49.4 Å². The van der Waals surface area contributed by atoms with Gasteiger partial charge in [-0.25, -0.2) is 0 Å². The summed E-state index contributed by atoms with van der Waals surface area (Å²) in [6.07, 6.45) is 1.06. The third-order valence-corrected chi connectivity index (χ3v) is 12.1. The number of aromatic hydroxyl groups is 3. The van der Waals surface area contributed by atoms with Gasteiger partial charge in [-0.15, -0.1) is 0 Å². The standard InChI is InChI=1S/C48H46O9/c1-28(49)56-44-25-40(57-47(53)17-29-8-9-33-19-39(50)14-11-32(33)16-29)20-36(34-12-15-42(51)45(23-34)54-2)26-48(38-13-10-30-6-4-5-7-31(30)18-38)27-37-22-43(52)46(55-3)24-35(37)21-41(44)48/h4-16,18-19,22-24,36,40-41,44,50-52H,17,20-21,25-27H2,1-3H3. The lowest BCUT2D eigenvalue weighted by molar-refractivity contribution is -0.160. The maximum absolute atomic E-state index is 13.9. The summed E-state index contributed by atoms with van der Waals surface area (Å²) in [6.45, 7) is 1.42. The molecular weight excluding hydrogens is 721 g/mol. The van der Waals surface area contributed by atoms with Crippen molar-refractivity contribution < 1.29 is 43.9 Å². The van der Waals surface area contributed by atoms with Gasteiger partial charge in [-0.1, -0.05) is 72.8 Å². The van der Waals surface area contributed by atoms with Crippen LogP contribution < -0.4 is 9.47 Å². The van der Waals surface area contributed by atoms with Crippen molar-refractivity contribution in [2.24, 2.45) is 5.92 Å². The minimum Gasteiger partial charge on any atom is -0.508 e. The van der Waals surface area contributed by atoms with Gasteiger partial charge in [0.05, 0.1) is 20.6 Å². The summed E-state index contributed by atoms with van der Waals surface area (Å²) in [5.41, 5.74) is 4.12. The van der Waals surface area contributed by atoms with Crippen LogP contribution in [0.15, 0.2) is 109 Å². The zero-order valence-electron chi connectivity index (χ0n) is 32.2. The molecule has 57 heavy (non-hydrogen) atoms. The van der Waals surface area contributed by atoms with Crippen molar-refractivity contribution in [1.82, 2.24) is 0 Å². The number of phenols is 3. The molecule has 0 aromatic heterocycles. The molecule has 9 heteroatoms. The number of hydrogen-bond acceptors (Lipinski definition) is 9. The molecule has 1 saturated carbocycles. The summed E-state index contributed by atoms with van der Waals surface area (Å²) in [6, 6.07) is 34.6. The second-order valence-corrected chi connectivity index (χ2v) is 15.6. The van der Waals surface area contributed by atoms with Gasteiger partial charge in [0.25, 0.3) is 0 Å². The van der Waals surface area contributed by atoms with Crippen LogP contribution in [0.1, 0.15) is 59.9 Å². The molecule has 0 amide bonds. The highest BCUT2D eigenvalue weighted by atomic mass is 16.6. The zero-order chi connectivity index (χ0) is 39.8. The lowest BCUT2D eigenvalue weighted by atomic mass is 9.54. The number of carbonyl (C=O) groups is 2. The van der Waals surface area contributed by atoms with E-state index in [0.29, 0.717) is 37.2 Å². The molecule has 5 unspecified atom stereocenters. The van der Waals surface area contributed by atoms with Crippen molar-refractivity contribution >= 4 is 33.5 Å². The average molecular weight is 767 g/mol. The fourth-order valence-electron chi connectivity index (χ4n) is 9.51. The fourth-order valence-corrected chi connectivity index (χ4v) is 9.51. The van der Waals surface area contributed by atoms with E-state index >= 15 is 0 Å². The molecule has 292 valence electrons. The lowest BCUT2D eigenvalue weighted by Gasteiger charge is -2.52. The quantitative estimate of drug-likeness (QED) is 0.130. The van der Waals surface area contributed by atoms with Crippen LogP contribution in [0, 0.1) is 5.92 Å². The Hall–Kier alpha value is -6.22. The third kappa shape index (κ3) is 7.54. The van der Waals surface area contributed by atoms with Crippen molar-refractivity contribution in [1.29, 1.82) is 0 Å². The second-order valence-electron chi connectivity index (χ2n) is 15.6. The summed E-state index contributed by atoms with van der Waals surface area (Å²) in [5.74, 6) is -0.343. The average Bonchev–Trinajstić information content (AvgIpc) is 3.19. The molecule has 0 spiro atoms. The molecule has 1 fully saturated rings. The molecule has 2 aliphatic carbocycles. The van der Waals surface area contributed by atoms with E-state index in [1.807, 2.05) is 54.6 Å². The molecule has 6 aromatic rings. The van der Waals surface area contributed by atoms with Gasteiger partial charge in [-0.05, 0) is 117 Å². The summed E-state index contributed by atoms with van der Waals surface area (Å²) < 4.78 is 23.9. The predicted molar refractivity (Wildman–Crippen MR) is 217 cm³/mol. The number of ether oxygens (including phenoxy) is 4. The highest BCUT2D eigenvalue weighted by Gasteiger charge is 2.52. The Morgan fingerprint density at radius 2 is 1.42 bits per heavy atom. The largest absolute Gasteiger partial charge is 0.508 e. The van der Waals surface area contributed by atoms with Gasteiger partial charge in [0.2, 0.25) is 0 Å². The van der Waals surface area contributed by atoms with E-state index in [9.17, 15) is 24.9 Å². The molecule has 6 aromatic carbocycles. The Balaban J connectivity index is 1.25. The van der Waals surface area contributed by atoms with E-state index in [4.69, 9.17) is 18.9 Å². The van der Waals surface area contributed by atoms with Gasteiger partial charge in [0.1, 0.15) is 18.0 Å². The summed E-state index contributed by atoms with van der Waals surface area (Å²) in [4.78, 5) is 26.9. The van der Waals surface area contributed by atoms with Crippen LogP contribution in [0.2, 0.25) is 0 Å². The minimum absolute atomic E-state index is 0.0220. The predicted octanol–water partition coefficient (Wildman–Crippen LogP) is 8.83. The molecule has 5 atom stereocenters. The van der Waals surface area contributed by atoms with Crippen molar-refractivity contribution in [3.8, 4) is 28.7 Å². The normalized spacial score (nSPS) is 21.7. The lowest BCUT2D eigenvalue weighted by Crippen LogP contribution is -2.52. The first-order valence-electron chi connectivity index (χ1n) is 19.3. The van der Waals surface area contributed by atoms with E-state index < -0.39 is 29.6 Å². The topological polar surface area (TPSA) is 132 Å². The highest BCUT2D eigenvalue weighted by molar-refractivity contribution is 5.86.